The van der Waals surface area contributed by atoms with Crippen LogP contribution in [0.5, 0.6) is 0 Å². The zero-order valence-corrected chi connectivity index (χ0v) is 29.2. The van der Waals surface area contributed by atoms with Gasteiger partial charge in [0.2, 0.25) is 0 Å². The van der Waals surface area contributed by atoms with Crippen LogP contribution in [0, 0.1) is 0 Å². The summed E-state index contributed by atoms with van der Waals surface area (Å²) in [5.74, 6) is -1.50. The molecule has 2 aromatic heterocycles. The first-order valence-electron chi connectivity index (χ1n) is 17.9. The van der Waals surface area contributed by atoms with Crippen LogP contribution in [0.2, 0.25) is 0 Å². The Kier molecular flexibility index (Phi) is 6.62. The van der Waals surface area contributed by atoms with E-state index in [1.165, 1.54) is 24.3 Å². The largest absolute Gasteiger partial charge is 0.386 e. The van der Waals surface area contributed by atoms with E-state index in [2.05, 4.69) is 0 Å². The lowest BCUT2D eigenvalue weighted by molar-refractivity contribution is 0.0390. The van der Waals surface area contributed by atoms with Crippen molar-refractivity contribution < 1.29 is 23.9 Å². The van der Waals surface area contributed by atoms with Crippen LogP contribution in [-0.2, 0) is 4.74 Å². The molecule has 10 heteroatoms. The molecule has 9 aromatic rings. The highest BCUT2D eigenvalue weighted by atomic mass is 16.6. The van der Waals surface area contributed by atoms with Crippen molar-refractivity contribution in [1.29, 1.82) is 0 Å². The van der Waals surface area contributed by atoms with E-state index in [0.29, 0.717) is 28.7 Å². The molecule has 2 amide bonds. The van der Waals surface area contributed by atoms with Crippen molar-refractivity contribution in [1.82, 2.24) is 19.1 Å². The van der Waals surface area contributed by atoms with Crippen molar-refractivity contribution in [3.63, 3.8) is 0 Å². The molecule has 2 aliphatic rings. The topological polar surface area (TPSA) is 116 Å². The standard InChI is InChI=1S/C46H25N5O5/c52-43-31-19-21-33-40-34(46(55)56-45(33)54)22-20-32(39(31)40)44(53)51(43)30-24-28(49-37-17-9-7-15-35(37)47-41(49)26-11-3-1-4-12-26)23-29(25-30)50-38-18-10-8-16-36(38)48-42(50)27-13-5-2-6-14-27/h1-25H. The fourth-order valence-corrected chi connectivity index (χ4v) is 8.06. The summed E-state index contributed by atoms with van der Waals surface area (Å²) in [6.07, 6.45) is 0. The minimum absolute atomic E-state index is 0.124. The van der Waals surface area contributed by atoms with Crippen molar-refractivity contribution >= 4 is 62.3 Å². The first-order valence-corrected chi connectivity index (χ1v) is 17.9. The summed E-state index contributed by atoms with van der Waals surface area (Å²) in [4.78, 5) is 66.4. The highest BCUT2D eigenvalue weighted by Crippen LogP contribution is 2.41. The minimum atomic E-state index is -0.825. The number of fused-ring (bicyclic) bond motifs is 2. The molecule has 0 fully saturated rings. The van der Waals surface area contributed by atoms with Gasteiger partial charge in [0, 0.05) is 33.0 Å². The SMILES string of the molecule is O=C1OC(=O)c2ccc3c4c(ccc1c24)C(=O)N(c1cc(-n2c(-c4ccccc4)nc4ccccc42)cc(-n2c(-c4ccccc4)nc4ccccc42)c1)C3=O. The molecule has 10 nitrogen and oxygen atoms in total. The fraction of sp³-hybridized carbons (Fsp3) is 0. The number of cyclic esters (lactones) is 2. The van der Waals surface area contributed by atoms with Crippen molar-refractivity contribution in [2.24, 2.45) is 0 Å². The van der Waals surface area contributed by atoms with Gasteiger partial charge in [-0.25, -0.2) is 24.5 Å². The molecule has 0 N–H and O–H groups in total. The predicted octanol–water partition coefficient (Wildman–Crippen LogP) is 8.96. The number of ether oxygens (including phenoxy) is 1. The second-order valence-corrected chi connectivity index (χ2v) is 13.7. The van der Waals surface area contributed by atoms with E-state index in [1.54, 1.807) is 0 Å². The highest BCUT2D eigenvalue weighted by molar-refractivity contribution is 6.38. The van der Waals surface area contributed by atoms with Gasteiger partial charge >= 0.3 is 11.9 Å². The third-order valence-electron chi connectivity index (χ3n) is 10.5. The number of amides is 2. The van der Waals surface area contributed by atoms with Gasteiger partial charge < -0.3 is 4.74 Å². The number of rotatable bonds is 5. The summed E-state index contributed by atoms with van der Waals surface area (Å²) in [6, 6.07) is 47.0. The summed E-state index contributed by atoms with van der Waals surface area (Å²) in [5.41, 5.74) is 7.15. The van der Waals surface area contributed by atoms with E-state index in [-0.39, 0.29) is 33.0 Å². The molecule has 0 saturated carbocycles. The van der Waals surface area contributed by atoms with Crippen molar-refractivity contribution in [2.45, 2.75) is 0 Å². The molecule has 264 valence electrons. The molecular formula is C46H25N5O5. The van der Waals surface area contributed by atoms with E-state index in [1.807, 2.05) is 137 Å². The van der Waals surface area contributed by atoms with Gasteiger partial charge in [0.1, 0.15) is 11.6 Å². The molecule has 0 aliphatic carbocycles. The Bertz CT molecular complexity index is 3000. The number of esters is 2. The molecule has 2 aliphatic heterocycles. The van der Waals surface area contributed by atoms with Gasteiger partial charge in [0.15, 0.2) is 0 Å². The molecule has 0 saturated heterocycles. The Hall–Kier alpha value is -7.98. The average Bonchev–Trinajstić information content (AvgIpc) is 3.82. The Labute approximate surface area is 317 Å². The van der Waals surface area contributed by atoms with E-state index < -0.39 is 23.8 Å². The second kappa shape index (κ2) is 11.8. The molecule has 0 spiro atoms. The van der Waals surface area contributed by atoms with Gasteiger partial charge in [-0.15, -0.1) is 0 Å². The van der Waals surface area contributed by atoms with Gasteiger partial charge in [-0.1, -0.05) is 84.9 Å². The van der Waals surface area contributed by atoms with E-state index >= 15 is 0 Å². The van der Waals surface area contributed by atoms with Crippen LogP contribution < -0.4 is 4.90 Å². The first kappa shape index (κ1) is 31.5. The number of imide groups is 1. The lowest BCUT2D eigenvalue weighted by Crippen LogP contribution is -2.41. The van der Waals surface area contributed by atoms with Gasteiger partial charge in [-0.2, -0.15) is 0 Å². The summed E-state index contributed by atoms with van der Waals surface area (Å²) in [7, 11) is 0. The molecule has 11 rings (SSSR count). The molecular weight excluding hydrogens is 703 g/mol. The number of nitrogens with zero attached hydrogens (tertiary/aromatic N) is 5. The normalized spacial score (nSPS) is 13.6. The molecule has 0 radical (unpaired) electrons. The number of para-hydroxylation sites is 4. The molecule has 56 heavy (non-hydrogen) atoms. The molecule has 0 unspecified atom stereocenters. The Morgan fingerprint density at radius 2 is 0.804 bits per heavy atom. The number of imidazole rings is 2. The Morgan fingerprint density at radius 1 is 0.411 bits per heavy atom. The smallest absolute Gasteiger partial charge is 0.346 e. The monoisotopic (exact) mass is 727 g/mol. The molecule has 7 aromatic carbocycles. The number of aromatic nitrogens is 4. The van der Waals surface area contributed by atoms with E-state index in [9.17, 15) is 19.2 Å². The van der Waals surface area contributed by atoms with Crippen LogP contribution in [0.15, 0.2) is 152 Å². The van der Waals surface area contributed by atoms with E-state index in [0.717, 1.165) is 38.1 Å². The third kappa shape index (κ3) is 4.50. The average molecular weight is 728 g/mol. The number of hydrogen-bond acceptors (Lipinski definition) is 7. The third-order valence-corrected chi connectivity index (χ3v) is 10.5. The van der Waals surface area contributed by atoms with Crippen LogP contribution in [0.4, 0.5) is 5.69 Å². The summed E-state index contributed by atoms with van der Waals surface area (Å²) >= 11 is 0. The lowest BCUT2D eigenvalue weighted by Gasteiger charge is -2.30. The van der Waals surface area contributed by atoms with Gasteiger partial charge in [-0.3, -0.25) is 18.7 Å². The highest BCUT2D eigenvalue weighted by Gasteiger charge is 2.39. The van der Waals surface area contributed by atoms with Gasteiger partial charge in [-0.05, 0) is 66.7 Å². The number of carbonyl (C=O) groups excluding carboxylic acids is 4. The Morgan fingerprint density at radius 3 is 1.29 bits per heavy atom. The zero-order chi connectivity index (χ0) is 37.7. The second-order valence-electron chi connectivity index (χ2n) is 13.7. The van der Waals surface area contributed by atoms with Crippen molar-refractivity contribution in [3.05, 3.63) is 174 Å². The summed E-state index contributed by atoms with van der Waals surface area (Å²) < 4.78 is 9.02. The minimum Gasteiger partial charge on any atom is -0.386 e. The number of hydrogen-bond donors (Lipinski definition) is 0. The van der Waals surface area contributed by atoms with Crippen molar-refractivity contribution in [2.75, 3.05) is 4.90 Å². The van der Waals surface area contributed by atoms with Crippen LogP contribution in [0.3, 0.4) is 0 Å². The predicted molar refractivity (Wildman–Crippen MR) is 211 cm³/mol. The quantitative estimate of drug-likeness (QED) is 0.0987. The summed E-state index contributed by atoms with van der Waals surface area (Å²) in [6.45, 7) is 0. The molecule has 0 bridgehead atoms. The number of carbonyl (C=O) groups is 4. The van der Waals surface area contributed by atoms with Crippen LogP contribution in [0.1, 0.15) is 41.4 Å². The maximum Gasteiger partial charge on any atom is 0.346 e. The zero-order valence-electron chi connectivity index (χ0n) is 29.2. The maximum atomic E-state index is 14.8. The van der Waals surface area contributed by atoms with E-state index in [4.69, 9.17) is 14.7 Å². The fourth-order valence-electron chi connectivity index (χ4n) is 8.06. The van der Waals surface area contributed by atoms with Crippen LogP contribution in [0.25, 0.3) is 67.0 Å². The van der Waals surface area contributed by atoms with Gasteiger partial charge in [0.05, 0.1) is 50.3 Å². The van der Waals surface area contributed by atoms with Crippen molar-refractivity contribution in [3.8, 4) is 34.2 Å². The summed E-state index contributed by atoms with van der Waals surface area (Å²) in [5, 5.41) is 0.498. The number of anilines is 1. The Balaban J connectivity index is 1.21. The molecule has 4 heterocycles. The van der Waals surface area contributed by atoms with Gasteiger partial charge in [0.25, 0.3) is 11.8 Å². The van der Waals surface area contributed by atoms with Crippen LogP contribution >= 0.6 is 0 Å². The van der Waals surface area contributed by atoms with Crippen LogP contribution in [-0.4, -0.2) is 42.9 Å². The molecule has 0 atom stereocenters. The lowest BCUT2D eigenvalue weighted by atomic mass is 9.87. The number of benzene rings is 7. The first-order chi connectivity index (χ1) is 27.4. The maximum absolute atomic E-state index is 14.8.